The molecule has 1 aliphatic heterocycles. The topological polar surface area (TPSA) is 53.6 Å². The highest BCUT2D eigenvalue weighted by atomic mass is 14.9. The van der Waals surface area contributed by atoms with E-state index in [0.29, 0.717) is 6.04 Å². The summed E-state index contributed by atoms with van der Waals surface area (Å²) in [6.07, 6.45) is 10.2. The summed E-state index contributed by atoms with van der Waals surface area (Å²) in [6, 6.07) is 9.35. The second kappa shape index (κ2) is 5.67. The van der Waals surface area contributed by atoms with E-state index in [0.717, 1.165) is 17.8 Å². The van der Waals surface area contributed by atoms with Crippen LogP contribution in [0.1, 0.15) is 30.0 Å². The van der Waals surface area contributed by atoms with Crippen LogP contribution >= 0.6 is 0 Å². The van der Waals surface area contributed by atoms with Crippen LogP contribution in [0.25, 0.3) is 32.9 Å². The van der Waals surface area contributed by atoms with E-state index in [1.54, 1.807) is 0 Å². The smallest absolute Gasteiger partial charge is 0.137 e. The summed E-state index contributed by atoms with van der Waals surface area (Å²) in [7, 11) is 0. The van der Waals surface area contributed by atoms with Gasteiger partial charge in [-0.25, -0.2) is 4.98 Å². The minimum Gasteiger partial charge on any atom is -0.346 e. The van der Waals surface area contributed by atoms with Gasteiger partial charge in [0.25, 0.3) is 0 Å². The van der Waals surface area contributed by atoms with Crippen molar-refractivity contribution in [3.63, 3.8) is 0 Å². The monoisotopic (exact) mass is 328 g/mol. The van der Waals surface area contributed by atoms with Crippen LogP contribution in [-0.4, -0.2) is 21.5 Å². The molecule has 1 unspecified atom stereocenters. The second-order valence-electron chi connectivity index (χ2n) is 6.90. The molecule has 0 amide bonds. The zero-order valence-corrected chi connectivity index (χ0v) is 14.2. The molecule has 0 spiro atoms. The van der Waals surface area contributed by atoms with Crippen molar-refractivity contribution in [1.82, 2.24) is 20.3 Å². The molecule has 4 nitrogen and oxygen atoms in total. The van der Waals surface area contributed by atoms with Crippen molar-refractivity contribution in [1.29, 1.82) is 0 Å². The Labute approximate surface area is 146 Å². The molecule has 5 rings (SSSR count). The molecule has 4 aromatic rings. The molecule has 25 heavy (non-hydrogen) atoms. The van der Waals surface area contributed by atoms with Crippen LogP contribution in [-0.2, 0) is 0 Å². The first-order valence-electron chi connectivity index (χ1n) is 8.85. The van der Waals surface area contributed by atoms with Crippen molar-refractivity contribution in [2.45, 2.75) is 25.8 Å². The zero-order valence-electron chi connectivity index (χ0n) is 14.2. The van der Waals surface area contributed by atoms with Gasteiger partial charge in [-0.2, -0.15) is 0 Å². The quantitative estimate of drug-likeness (QED) is 0.569. The first-order valence-corrected chi connectivity index (χ1v) is 8.85. The lowest BCUT2D eigenvalue weighted by atomic mass is 9.93. The molecular weight excluding hydrogens is 308 g/mol. The number of aryl methyl sites for hydroxylation is 1. The van der Waals surface area contributed by atoms with Gasteiger partial charge in [0.1, 0.15) is 5.65 Å². The number of H-pyrrole nitrogens is 1. The number of rotatable bonds is 2. The van der Waals surface area contributed by atoms with Crippen molar-refractivity contribution in [3.05, 3.63) is 60.2 Å². The van der Waals surface area contributed by atoms with Gasteiger partial charge in [-0.15, -0.1) is 0 Å². The van der Waals surface area contributed by atoms with Gasteiger partial charge in [0.05, 0.1) is 0 Å². The molecular formula is C21H20N4. The van der Waals surface area contributed by atoms with Gasteiger partial charge in [-0.3, -0.25) is 4.98 Å². The van der Waals surface area contributed by atoms with Crippen LogP contribution in [0.4, 0.5) is 0 Å². The Morgan fingerprint density at radius 2 is 2.04 bits per heavy atom. The molecule has 0 bridgehead atoms. The summed E-state index contributed by atoms with van der Waals surface area (Å²) in [5.41, 5.74) is 5.91. The molecule has 0 aliphatic carbocycles. The van der Waals surface area contributed by atoms with E-state index >= 15 is 0 Å². The van der Waals surface area contributed by atoms with E-state index in [2.05, 4.69) is 51.5 Å². The maximum Gasteiger partial charge on any atom is 0.137 e. The number of benzene rings is 1. The third kappa shape index (κ3) is 2.41. The Bertz CT molecular complexity index is 1070. The van der Waals surface area contributed by atoms with Crippen molar-refractivity contribution in [3.8, 4) is 11.1 Å². The van der Waals surface area contributed by atoms with E-state index in [1.807, 2.05) is 24.8 Å². The molecule has 0 saturated carbocycles. The molecule has 124 valence electrons. The van der Waals surface area contributed by atoms with Crippen molar-refractivity contribution >= 4 is 21.8 Å². The van der Waals surface area contributed by atoms with Crippen LogP contribution < -0.4 is 5.32 Å². The van der Waals surface area contributed by atoms with E-state index in [1.165, 1.54) is 45.7 Å². The van der Waals surface area contributed by atoms with Crippen molar-refractivity contribution < 1.29 is 0 Å². The summed E-state index contributed by atoms with van der Waals surface area (Å²) in [4.78, 5) is 12.2. The summed E-state index contributed by atoms with van der Waals surface area (Å²) >= 11 is 0. The average molecular weight is 328 g/mol. The van der Waals surface area contributed by atoms with E-state index in [-0.39, 0.29) is 0 Å². The standard InChI is InChI=1S/C21H20N4/c1-13-10-24-21-18(13)9-15(12-25-21)14-7-16-11-22-6-4-17(16)19(8-14)20-3-2-5-23-20/h4,6-12,20,23H,2-3,5H2,1H3,(H,24,25). The highest BCUT2D eigenvalue weighted by Crippen LogP contribution is 2.34. The van der Waals surface area contributed by atoms with E-state index < -0.39 is 0 Å². The Morgan fingerprint density at radius 1 is 1.08 bits per heavy atom. The number of fused-ring (bicyclic) bond motifs is 2. The lowest BCUT2D eigenvalue weighted by molar-refractivity contribution is 0.653. The van der Waals surface area contributed by atoms with Gasteiger partial charge < -0.3 is 10.3 Å². The van der Waals surface area contributed by atoms with Gasteiger partial charge in [0, 0.05) is 47.2 Å². The molecule has 1 atom stereocenters. The van der Waals surface area contributed by atoms with Crippen LogP contribution in [0, 0.1) is 6.92 Å². The van der Waals surface area contributed by atoms with Gasteiger partial charge >= 0.3 is 0 Å². The number of hydrogen-bond donors (Lipinski definition) is 2. The largest absolute Gasteiger partial charge is 0.346 e. The van der Waals surface area contributed by atoms with Crippen LogP contribution in [0.3, 0.4) is 0 Å². The highest BCUT2D eigenvalue weighted by molar-refractivity contribution is 5.92. The molecule has 2 N–H and O–H groups in total. The third-order valence-electron chi connectivity index (χ3n) is 5.29. The predicted octanol–water partition coefficient (Wildman–Crippen LogP) is 4.51. The Balaban J connectivity index is 1.73. The second-order valence-corrected chi connectivity index (χ2v) is 6.90. The molecule has 1 aliphatic rings. The molecule has 4 heterocycles. The van der Waals surface area contributed by atoms with E-state index in [9.17, 15) is 0 Å². The normalized spacial score (nSPS) is 17.6. The van der Waals surface area contributed by atoms with Crippen molar-refractivity contribution in [2.24, 2.45) is 0 Å². The first kappa shape index (κ1) is 14.6. The number of pyridine rings is 2. The lowest BCUT2D eigenvalue weighted by Crippen LogP contribution is -2.13. The lowest BCUT2D eigenvalue weighted by Gasteiger charge is -2.16. The zero-order chi connectivity index (χ0) is 16.8. The number of hydrogen-bond acceptors (Lipinski definition) is 3. The van der Waals surface area contributed by atoms with Gasteiger partial charge in [0.2, 0.25) is 0 Å². The summed E-state index contributed by atoms with van der Waals surface area (Å²) in [5.74, 6) is 0. The number of nitrogens with one attached hydrogen (secondary N) is 2. The number of aromatic nitrogens is 3. The summed E-state index contributed by atoms with van der Waals surface area (Å²) in [6.45, 7) is 3.21. The molecule has 0 radical (unpaired) electrons. The fraction of sp³-hybridized carbons (Fsp3) is 0.238. The molecule has 1 fully saturated rings. The first-order chi connectivity index (χ1) is 12.3. The Kier molecular flexibility index (Phi) is 3.31. The third-order valence-corrected chi connectivity index (χ3v) is 5.29. The highest BCUT2D eigenvalue weighted by Gasteiger charge is 2.19. The summed E-state index contributed by atoms with van der Waals surface area (Å²) < 4.78 is 0. The Hall–Kier alpha value is -2.72. The van der Waals surface area contributed by atoms with E-state index in [4.69, 9.17) is 0 Å². The van der Waals surface area contributed by atoms with Gasteiger partial charge in [0.15, 0.2) is 0 Å². The predicted molar refractivity (Wildman–Crippen MR) is 102 cm³/mol. The minimum atomic E-state index is 0.426. The fourth-order valence-electron chi connectivity index (χ4n) is 3.94. The van der Waals surface area contributed by atoms with Crippen molar-refractivity contribution in [2.75, 3.05) is 6.54 Å². The average Bonchev–Trinajstić information content (AvgIpc) is 3.31. The van der Waals surface area contributed by atoms with Crippen LogP contribution in [0.2, 0.25) is 0 Å². The maximum atomic E-state index is 4.60. The molecule has 3 aromatic heterocycles. The van der Waals surface area contributed by atoms with Gasteiger partial charge in [-0.05, 0) is 72.7 Å². The van der Waals surface area contributed by atoms with Crippen LogP contribution in [0.15, 0.2) is 49.1 Å². The number of aromatic amines is 1. The fourth-order valence-corrected chi connectivity index (χ4v) is 3.94. The maximum absolute atomic E-state index is 4.60. The Morgan fingerprint density at radius 3 is 2.92 bits per heavy atom. The molecule has 1 saturated heterocycles. The SMILES string of the molecule is Cc1c[nH]c2ncc(-c3cc(C4CCCN4)c4ccncc4c3)cc12. The molecule has 4 heteroatoms. The van der Waals surface area contributed by atoms with Gasteiger partial charge in [-0.1, -0.05) is 0 Å². The minimum absolute atomic E-state index is 0.426. The molecule has 1 aromatic carbocycles. The van der Waals surface area contributed by atoms with Crippen LogP contribution in [0.5, 0.6) is 0 Å². The summed E-state index contributed by atoms with van der Waals surface area (Å²) in [5, 5.41) is 7.31. The number of nitrogens with zero attached hydrogens (tertiary/aromatic N) is 2.